The van der Waals surface area contributed by atoms with Crippen LogP contribution in [0.3, 0.4) is 0 Å². The van der Waals surface area contributed by atoms with Crippen molar-refractivity contribution in [2.45, 2.75) is 24.8 Å². The van der Waals surface area contributed by atoms with Crippen LogP contribution >= 0.6 is 0 Å². The Balaban J connectivity index is 2.09. The first-order valence-electron chi connectivity index (χ1n) is 6.34. The molecule has 0 bridgehead atoms. The maximum atomic E-state index is 13.5. The maximum absolute atomic E-state index is 13.5. The highest BCUT2D eigenvalue weighted by atomic mass is 19.1. The Morgan fingerprint density at radius 1 is 1.35 bits per heavy atom. The van der Waals surface area contributed by atoms with Gasteiger partial charge in [0.25, 0.3) is 0 Å². The van der Waals surface area contributed by atoms with Crippen molar-refractivity contribution in [3.05, 3.63) is 35.6 Å². The van der Waals surface area contributed by atoms with Gasteiger partial charge in [-0.1, -0.05) is 18.2 Å². The molecule has 0 saturated heterocycles. The first-order valence-corrected chi connectivity index (χ1v) is 6.34. The van der Waals surface area contributed by atoms with E-state index in [1.54, 1.807) is 18.2 Å². The molecule has 5 nitrogen and oxygen atoms in total. The third kappa shape index (κ3) is 2.65. The first kappa shape index (κ1) is 14.5. The van der Waals surface area contributed by atoms with E-state index in [9.17, 15) is 19.1 Å². The number of halogens is 1. The molecule has 2 rings (SSSR count). The predicted molar refractivity (Wildman–Crippen MR) is 68.5 cm³/mol. The van der Waals surface area contributed by atoms with Gasteiger partial charge in [-0.05, 0) is 30.9 Å². The molecule has 1 aliphatic carbocycles. The smallest absolute Gasteiger partial charge is 0.324 e. The molecule has 0 spiro atoms. The van der Waals surface area contributed by atoms with Gasteiger partial charge in [-0.15, -0.1) is 0 Å². The average Bonchev–Trinajstić information content (AvgIpc) is 3.18. The molecule has 4 N–H and O–H groups in total. The number of aliphatic carboxylic acids is 2. The molecule has 6 heteroatoms. The van der Waals surface area contributed by atoms with Crippen molar-refractivity contribution in [1.29, 1.82) is 0 Å². The highest BCUT2D eigenvalue weighted by molar-refractivity contribution is 5.83. The predicted octanol–water partition coefficient (Wildman–Crippen LogP) is 1.26. The quantitative estimate of drug-likeness (QED) is 0.728. The van der Waals surface area contributed by atoms with Crippen molar-refractivity contribution < 1.29 is 24.2 Å². The Hall–Kier alpha value is -1.95. The van der Waals surface area contributed by atoms with Gasteiger partial charge in [-0.3, -0.25) is 9.59 Å². The van der Waals surface area contributed by atoms with Crippen LogP contribution in [0.1, 0.15) is 18.4 Å². The topological polar surface area (TPSA) is 101 Å². The summed E-state index contributed by atoms with van der Waals surface area (Å²) in [5.41, 5.74) is 4.65. The lowest BCUT2D eigenvalue weighted by atomic mass is 9.86. The normalized spacial score (nSPS) is 23.9. The molecule has 1 aromatic carbocycles. The van der Waals surface area contributed by atoms with Gasteiger partial charge in [0.15, 0.2) is 0 Å². The molecular weight excluding hydrogens is 265 g/mol. The highest BCUT2D eigenvalue weighted by Crippen LogP contribution is 2.47. The third-order valence-electron chi connectivity index (χ3n) is 3.93. The number of rotatable bonds is 6. The lowest BCUT2D eigenvalue weighted by Gasteiger charge is -2.25. The van der Waals surface area contributed by atoms with Gasteiger partial charge in [0, 0.05) is 5.92 Å². The number of benzene rings is 1. The lowest BCUT2D eigenvalue weighted by molar-refractivity contribution is -0.145. The van der Waals surface area contributed by atoms with Crippen molar-refractivity contribution in [2.75, 3.05) is 0 Å². The van der Waals surface area contributed by atoms with E-state index in [4.69, 9.17) is 10.8 Å². The third-order valence-corrected chi connectivity index (χ3v) is 3.93. The summed E-state index contributed by atoms with van der Waals surface area (Å²) >= 11 is 0. The summed E-state index contributed by atoms with van der Waals surface area (Å²) in [5, 5.41) is 18.2. The average molecular weight is 281 g/mol. The van der Waals surface area contributed by atoms with Crippen molar-refractivity contribution in [2.24, 2.45) is 17.6 Å². The van der Waals surface area contributed by atoms with Crippen LogP contribution < -0.4 is 5.73 Å². The van der Waals surface area contributed by atoms with Crippen LogP contribution in [0, 0.1) is 17.7 Å². The summed E-state index contributed by atoms with van der Waals surface area (Å²) in [6.45, 7) is 0. The number of aryl methyl sites for hydroxylation is 1. The summed E-state index contributed by atoms with van der Waals surface area (Å²) in [7, 11) is 0. The zero-order valence-electron chi connectivity index (χ0n) is 10.8. The van der Waals surface area contributed by atoms with Crippen LogP contribution in [0.2, 0.25) is 0 Å². The van der Waals surface area contributed by atoms with Gasteiger partial charge in [0.1, 0.15) is 11.4 Å². The Labute approximate surface area is 115 Å². The van der Waals surface area contributed by atoms with Crippen LogP contribution in [-0.4, -0.2) is 27.7 Å². The summed E-state index contributed by atoms with van der Waals surface area (Å²) in [5.74, 6) is -3.98. The zero-order chi connectivity index (χ0) is 14.9. The maximum Gasteiger partial charge on any atom is 0.324 e. The number of carboxylic acid groups (broad SMARTS) is 2. The number of hydrogen-bond donors (Lipinski definition) is 3. The second-order valence-electron chi connectivity index (χ2n) is 5.22. The summed E-state index contributed by atoms with van der Waals surface area (Å²) in [6, 6.07) is 6.08. The van der Waals surface area contributed by atoms with Gasteiger partial charge in [-0.25, -0.2) is 4.39 Å². The fraction of sp³-hybridized carbons (Fsp3) is 0.429. The van der Waals surface area contributed by atoms with Crippen LogP contribution in [0.5, 0.6) is 0 Å². The lowest BCUT2D eigenvalue weighted by Crippen LogP contribution is -2.51. The highest BCUT2D eigenvalue weighted by Gasteiger charge is 2.58. The molecule has 108 valence electrons. The summed E-state index contributed by atoms with van der Waals surface area (Å²) < 4.78 is 13.5. The van der Waals surface area contributed by atoms with Gasteiger partial charge < -0.3 is 15.9 Å². The molecule has 0 aliphatic heterocycles. The molecule has 20 heavy (non-hydrogen) atoms. The van der Waals surface area contributed by atoms with Crippen molar-refractivity contribution in [3.8, 4) is 0 Å². The van der Waals surface area contributed by atoms with Crippen molar-refractivity contribution in [3.63, 3.8) is 0 Å². The summed E-state index contributed by atoms with van der Waals surface area (Å²) in [6.07, 6.45) is 0.436. The van der Waals surface area contributed by atoms with Crippen LogP contribution in [0.4, 0.5) is 4.39 Å². The van der Waals surface area contributed by atoms with Crippen molar-refractivity contribution in [1.82, 2.24) is 0 Å². The SMILES string of the molecule is NC(CCc1ccccc1F)(C(=O)O)[C@H]1C[C@@H]1C(=O)O. The minimum atomic E-state index is -1.62. The monoisotopic (exact) mass is 281 g/mol. The minimum Gasteiger partial charge on any atom is -0.481 e. The number of nitrogens with two attached hydrogens (primary N) is 1. The molecule has 0 aromatic heterocycles. The first-order chi connectivity index (χ1) is 9.36. The van der Waals surface area contributed by atoms with Crippen molar-refractivity contribution >= 4 is 11.9 Å². The Morgan fingerprint density at radius 2 is 2.00 bits per heavy atom. The van der Waals surface area contributed by atoms with Crippen LogP contribution in [-0.2, 0) is 16.0 Å². The minimum absolute atomic E-state index is 0.0116. The van der Waals surface area contributed by atoms with E-state index in [-0.39, 0.29) is 19.3 Å². The largest absolute Gasteiger partial charge is 0.481 e. The van der Waals surface area contributed by atoms with E-state index < -0.39 is 35.1 Å². The molecule has 1 fully saturated rings. The van der Waals surface area contributed by atoms with Gasteiger partial charge >= 0.3 is 11.9 Å². The standard InChI is InChI=1S/C14H16FNO4/c15-11-4-2-1-3-8(11)5-6-14(16,13(19)20)10-7-9(10)12(17)18/h1-4,9-10H,5-7,16H2,(H,17,18)(H,19,20)/t9-,10-,14?/m0/s1. The molecule has 0 amide bonds. The Bertz CT molecular complexity index is 548. The van der Waals surface area contributed by atoms with Crippen LogP contribution in [0.15, 0.2) is 24.3 Å². The fourth-order valence-electron chi connectivity index (χ4n) is 2.53. The summed E-state index contributed by atoms with van der Waals surface area (Å²) in [4.78, 5) is 22.2. The molecular formula is C14H16FNO4. The van der Waals surface area contributed by atoms with Gasteiger partial charge in [-0.2, -0.15) is 0 Å². The molecule has 0 heterocycles. The number of hydrogen-bond acceptors (Lipinski definition) is 3. The second-order valence-corrected chi connectivity index (χ2v) is 5.22. The second kappa shape index (κ2) is 5.20. The zero-order valence-corrected chi connectivity index (χ0v) is 10.8. The van der Waals surface area contributed by atoms with E-state index in [0.29, 0.717) is 5.56 Å². The number of carboxylic acids is 2. The van der Waals surface area contributed by atoms with Gasteiger partial charge in [0.05, 0.1) is 5.92 Å². The molecule has 1 unspecified atom stereocenters. The molecule has 1 saturated carbocycles. The number of carbonyl (C=O) groups is 2. The molecule has 1 aliphatic rings. The molecule has 1 aromatic rings. The van der Waals surface area contributed by atoms with E-state index >= 15 is 0 Å². The molecule has 0 radical (unpaired) electrons. The van der Waals surface area contributed by atoms with E-state index in [2.05, 4.69) is 0 Å². The molecule has 3 atom stereocenters. The van der Waals surface area contributed by atoms with Gasteiger partial charge in [0.2, 0.25) is 0 Å². The Kier molecular flexibility index (Phi) is 3.76. The fourth-order valence-corrected chi connectivity index (χ4v) is 2.53. The van der Waals surface area contributed by atoms with E-state index in [0.717, 1.165) is 0 Å². The van der Waals surface area contributed by atoms with E-state index in [1.807, 2.05) is 0 Å². The Morgan fingerprint density at radius 3 is 2.50 bits per heavy atom. The van der Waals surface area contributed by atoms with E-state index in [1.165, 1.54) is 6.07 Å². The van der Waals surface area contributed by atoms with Crippen LogP contribution in [0.25, 0.3) is 0 Å².